The van der Waals surface area contributed by atoms with E-state index in [4.69, 9.17) is 28.7 Å². The second-order valence-corrected chi connectivity index (χ2v) is 22.5. The van der Waals surface area contributed by atoms with Crippen molar-refractivity contribution in [2.75, 3.05) is 39.4 Å². The maximum absolute atomic E-state index is 14.8. The molecule has 89 heavy (non-hydrogen) atoms. The Morgan fingerprint density at radius 1 is 0.517 bits per heavy atom. The fourth-order valence-corrected chi connectivity index (χ4v) is 9.70. The third kappa shape index (κ3) is 23.7. The number of carboxylic acids is 1. The van der Waals surface area contributed by atoms with Gasteiger partial charge in [0.05, 0.1) is 25.8 Å². The molecule has 2 heterocycles. The lowest BCUT2D eigenvalue weighted by atomic mass is 9.99. The molecule has 0 radical (unpaired) electrons. The molecule has 9 amide bonds. The van der Waals surface area contributed by atoms with Crippen LogP contribution < -0.4 is 76.5 Å². The Morgan fingerprint density at radius 2 is 0.944 bits per heavy atom. The molecule has 490 valence electrons. The molecule has 0 aliphatic heterocycles. The van der Waals surface area contributed by atoms with Crippen LogP contribution in [0.4, 0.5) is 0 Å². The highest BCUT2D eigenvalue weighted by Crippen LogP contribution is 2.21. The van der Waals surface area contributed by atoms with Crippen molar-refractivity contribution in [2.24, 2.45) is 45.5 Å². The normalized spacial score (nSPS) is 14.4. The number of aliphatic imine (C=N–C) groups is 1. The first-order valence-electron chi connectivity index (χ1n) is 29.9. The van der Waals surface area contributed by atoms with E-state index in [0.717, 1.165) is 10.9 Å². The van der Waals surface area contributed by atoms with Gasteiger partial charge in [0.25, 0.3) is 0 Å². The van der Waals surface area contributed by atoms with E-state index < -0.39 is 139 Å². The van der Waals surface area contributed by atoms with Crippen LogP contribution in [-0.4, -0.2) is 184 Å². The van der Waals surface area contributed by atoms with E-state index in [1.165, 1.54) is 0 Å². The topological polar surface area (TPSA) is 514 Å². The molecule has 4 aromatic rings. The van der Waals surface area contributed by atoms with E-state index in [1.54, 1.807) is 56.6 Å². The van der Waals surface area contributed by atoms with Crippen molar-refractivity contribution in [1.82, 2.24) is 57.8 Å². The molecule has 9 atom stereocenters. The zero-order chi connectivity index (χ0) is 65.7. The molecule has 0 spiro atoms. The number of hydrogen-bond acceptors (Lipinski definition) is 16. The van der Waals surface area contributed by atoms with E-state index in [-0.39, 0.29) is 70.0 Å². The van der Waals surface area contributed by atoms with Crippen LogP contribution in [0.2, 0.25) is 0 Å². The maximum atomic E-state index is 14.8. The third-order valence-corrected chi connectivity index (χ3v) is 14.6. The van der Waals surface area contributed by atoms with Crippen molar-refractivity contribution < 1.29 is 63.3 Å². The number of carbonyl (C=O) groups is 10. The molecule has 0 aliphatic rings. The number of aromatic amines is 2. The molecule has 2 aromatic carbocycles. The van der Waals surface area contributed by atoms with Gasteiger partial charge in [-0.1, -0.05) is 64.1 Å². The van der Waals surface area contributed by atoms with Gasteiger partial charge >= 0.3 is 5.97 Å². The summed E-state index contributed by atoms with van der Waals surface area (Å²) < 4.78 is 0. The molecule has 2 aromatic heterocycles. The van der Waals surface area contributed by atoms with E-state index >= 15 is 0 Å². The zero-order valence-corrected chi connectivity index (χ0v) is 50.9. The number of carboxylic acid groups (broad SMARTS) is 1. The highest BCUT2D eigenvalue weighted by Gasteiger charge is 2.35. The number of nitrogens with zero attached hydrogens (tertiary/aromatic N) is 1. The van der Waals surface area contributed by atoms with Crippen LogP contribution in [0, 0.1) is 11.8 Å². The predicted octanol–water partition coefficient (Wildman–Crippen LogP) is -3.16. The van der Waals surface area contributed by atoms with Gasteiger partial charge in [0.2, 0.25) is 53.2 Å². The Hall–Kier alpha value is -8.71. The largest absolute Gasteiger partial charge is 0.480 e. The van der Waals surface area contributed by atoms with Crippen LogP contribution in [0.1, 0.15) is 96.6 Å². The Morgan fingerprint density at radius 3 is 1.43 bits per heavy atom. The first-order valence-corrected chi connectivity index (χ1v) is 29.9. The van der Waals surface area contributed by atoms with Gasteiger partial charge in [-0.15, -0.1) is 0 Å². The number of fused-ring (bicyclic) bond motifs is 2. The fourth-order valence-electron chi connectivity index (χ4n) is 9.70. The van der Waals surface area contributed by atoms with Gasteiger partial charge < -0.3 is 102 Å². The van der Waals surface area contributed by atoms with Crippen molar-refractivity contribution >= 4 is 86.9 Å². The molecule has 4 rings (SSSR count). The molecule has 0 fully saturated rings. The molecule has 0 saturated heterocycles. The molecular weight excluding hydrogens is 1150 g/mol. The molecule has 30 heteroatoms. The van der Waals surface area contributed by atoms with Crippen molar-refractivity contribution in [3.8, 4) is 0 Å². The number of hydrogen-bond donors (Lipinski definition) is 19. The number of aliphatic carboxylic acids is 1. The van der Waals surface area contributed by atoms with Gasteiger partial charge in [0, 0.05) is 53.6 Å². The monoisotopic (exact) mass is 1250 g/mol. The lowest BCUT2D eigenvalue weighted by Gasteiger charge is -2.28. The van der Waals surface area contributed by atoms with E-state index in [0.29, 0.717) is 54.1 Å². The lowest BCUT2D eigenvalue weighted by molar-refractivity contribution is -0.143. The Balaban J connectivity index is 1.60. The Labute approximate surface area is 516 Å². The van der Waals surface area contributed by atoms with Gasteiger partial charge in [-0.25, -0.2) is 4.79 Å². The van der Waals surface area contributed by atoms with Crippen molar-refractivity contribution in [1.29, 1.82) is 0 Å². The number of amides is 9. The number of nitrogens with two attached hydrogens (primary N) is 5. The van der Waals surface area contributed by atoms with E-state index in [9.17, 15) is 63.3 Å². The molecule has 0 bridgehead atoms. The summed E-state index contributed by atoms with van der Waals surface area (Å²) in [6.07, 6.45) is 5.05. The number of aromatic nitrogens is 2. The summed E-state index contributed by atoms with van der Waals surface area (Å²) in [5.41, 5.74) is 31.2. The summed E-state index contributed by atoms with van der Waals surface area (Å²) >= 11 is 0. The minimum absolute atomic E-state index is 0.00163. The van der Waals surface area contributed by atoms with Crippen LogP contribution in [0.5, 0.6) is 0 Å². The number of rotatable bonds is 40. The minimum atomic E-state index is -1.78. The second-order valence-electron chi connectivity index (χ2n) is 22.5. The van der Waals surface area contributed by atoms with Crippen LogP contribution in [0.15, 0.2) is 65.9 Å². The highest BCUT2D eigenvalue weighted by atomic mass is 16.4. The summed E-state index contributed by atoms with van der Waals surface area (Å²) in [7, 11) is 0. The Bertz CT molecular complexity index is 3040. The Kier molecular flexibility index (Phi) is 30.4. The summed E-state index contributed by atoms with van der Waals surface area (Å²) in [4.78, 5) is 148. The summed E-state index contributed by atoms with van der Waals surface area (Å²) in [6.45, 7) is 5.00. The molecular formula is C59H91N17O13. The predicted molar refractivity (Wildman–Crippen MR) is 332 cm³/mol. The third-order valence-electron chi connectivity index (χ3n) is 14.6. The summed E-state index contributed by atoms with van der Waals surface area (Å²) in [5, 5.41) is 54.3. The standard InChI is InChI=1S/C59H91N17O13/c1-32(2)24-38(62)50(80)76-49(33(3)4)57(87)71-42(18-9-11-21-60)52(82)73-45(26-35-28-67-40-17-8-6-15-37(35)40)54(84)70-41(20-13-23-65-59(63)64)51(81)68-29-48(79)69-44(25-34-27-66-39-16-7-5-14-36(34)39)53(83)74-47(31-78)56(86)75-46(30-77)55(85)72-43(58(88)89)19-10-12-22-61/h5-8,14-17,27-28,32-33,38,41-47,49,66-67,77-78H,9-13,18-26,29-31,60-62H2,1-4H3,(H,68,81)(H,69,79)(H,70,84)(H,71,87)(H,72,85)(H,73,82)(H,74,83)(H,75,86)(H,76,80)(H,88,89)(H4,63,64,65)/t38-,41-,42-,43-,44-,45-,46-,47-,49-/m0/s1. The van der Waals surface area contributed by atoms with E-state index in [2.05, 4.69) is 62.8 Å². The number of unbranched alkanes of at least 4 members (excludes halogenated alkanes) is 2. The first-order chi connectivity index (χ1) is 42.4. The van der Waals surface area contributed by atoms with Gasteiger partial charge in [-0.05, 0) is 106 Å². The van der Waals surface area contributed by atoms with Crippen LogP contribution in [0.25, 0.3) is 21.8 Å². The number of benzene rings is 2. The molecule has 24 N–H and O–H groups in total. The highest BCUT2D eigenvalue weighted by molar-refractivity contribution is 5.99. The first kappa shape index (κ1) is 72.8. The van der Waals surface area contributed by atoms with Crippen LogP contribution in [-0.2, 0) is 60.8 Å². The molecule has 0 unspecified atom stereocenters. The van der Waals surface area contributed by atoms with E-state index in [1.807, 2.05) is 32.0 Å². The summed E-state index contributed by atoms with van der Waals surface area (Å²) in [6, 6.07) is 1.81. The van der Waals surface area contributed by atoms with Crippen molar-refractivity contribution in [2.45, 2.75) is 153 Å². The molecule has 30 nitrogen and oxygen atoms in total. The molecule has 0 aliphatic carbocycles. The second kappa shape index (κ2) is 37.2. The quantitative estimate of drug-likeness (QED) is 0.0119. The van der Waals surface area contributed by atoms with Crippen LogP contribution >= 0.6 is 0 Å². The number of H-pyrrole nitrogens is 2. The summed E-state index contributed by atoms with van der Waals surface area (Å²) in [5.74, 6) is -9.82. The average molecular weight is 1250 g/mol. The minimum Gasteiger partial charge on any atom is -0.480 e. The smallest absolute Gasteiger partial charge is 0.326 e. The number of para-hydroxylation sites is 2. The number of nitrogens with one attached hydrogen (secondary N) is 11. The van der Waals surface area contributed by atoms with Crippen molar-refractivity contribution in [3.63, 3.8) is 0 Å². The maximum Gasteiger partial charge on any atom is 0.326 e. The van der Waals surface area contributed by atoms with Crippen molar-refractivity contribution in [3.05, 3.63) is 72.1 Å². The SMILES string of the molecule is CC(C)C[C@H](N)C(=O)N[C@H](C(=O)N[C@@H](CCCCN)C(=O)N[C@@H](Cc1c[nH]c2ccccc12)C(=O)N[C@@H](CCCN=C(N)N)C(=O)NCC(=O)N[C@@H](Cc1c[nH]c2ccccc12)C(=O)N[C@@H](CO)C(=O)N[C@@H](CO)C(=O)N[C@@H](CCCCN)C(=O)O)C(C)C. The zero-order valence-electron chi connectivity index (χ0n) is 50.9. The number of guanidine groups is 1. The van der Waals surface area contributed by atoms with Gasteiger partial charge in [-0.2, -0.15) is 0 Å². The fraction of sp³-hybridized carbons (Fsp3) is 0.542. The van der Waals surface area contributed by atoms with Gasteiger partial charge in [0.15, 0.2) is 5.96 Å². The van der Waals surface area contributed by atoms with Gasteiger partial charge in [0.1, 0.15) is 48.3 Å². The number of aliphatic hydroxyl groups is 2. The number of carbonyl (C=O) groups excluding carboxylic acids is 9. The van der Waals surface area contributed by atoms with Gasteiger partial charge in [-0.3, -0.25) is 48.1 Å². The average Bonchev–Trinajstić information content (AvgIpc) is 2.03. The lowest BCUT2D eigenvalue weighted by Crippen LogP contribution is -2.60. The number of aliphatic hydroxyl groups excluding tert-OH is 2. The van der Waals surface area contributed by atoms with Crippen LogP contribution in [0.3, 0.4) is 0 Å². The molecule has 0 saturated carbocycles.